The monoisotopic (exact) mass is 813 g/mol. The first-order valence-corrected chi connectivity index (χ1v) is 19.1. The zero-order valence-electron chi connectivity index (χ0n) is 29.4. The Morgan fingerprint density at radius 3 is 1.51 bits per heavy atom. The van der Waals surface area contributed by atoms with Crippen molar-refractivity contribution in [2.75, 3.05) is 5.32 Å². The van der Waals surface area contributed by atoms with Gasteiger partial charge in [0.1, 0.15) is 11.6 Å². The molecule has 0 saturated heterocycles. The number of amides is 1. The molecule has 0 aliphatic heterocycles. The van der Waals surface area contributed by atoms with Crippen LogP contribution in [0.15, 0.2) is 133 Å². The number of hydrogen-bond acceptors (Lipinski definition) is 3. The lowest BCUT2D eigenvalue weighted by molar-refractivity contribution is -0.138. The van der Waals surface area contributed by atoms with Gasteiger partial charge in [0, 0.05) is 32.0 Å². The van der Waals surface area contributed by atoms with Crippen LogP contribution < -0.4 is 5.32 Å². The first-order valence-electron chi connectivity index (χ1n) is 17.5. The molecule has 2 nitrogen and oxygen atoms in total. The van der Waals surface area contributed by atoms with Crippen LogP contribution in [0.2, 0.25) is 0 Å². The zero-order valence-corrected chi connectivity index (χ0v) is 31.0. The molecule has 12 heteroatoms. The molecule has 0 bridgehead atoms. The van der Waals surface area contributed by atoms with Gasteiger partial charge in [-0.15, -0.1) is 22.7 Å². The fourth-order valence-electron chi connectivity index (χ4n) is 6.82. The predicted octanol–water partition coefficient (Wildman–Crippen LogP) is 14.2. The molecule has 0 atom stereocenters. The Morgan fingerprint density at radius 1 is 0.526 bits per heavy atom. The molecule has 1 N–H and O–H groups in total. The molecule has 0 aliphatic carbocycles. The summed E-state index contributed by atoms with van der Waals surface area (Å²) >= 11 is 2.79. The van der Waals surface area contributed by atoms with E-state index < -0.39 is 41.0 Å². The molecule has 2 aromatic heterocycles. The SMILES string of the molecule is O=C(Nc1cc(-c2cccc3cc(Cc4cccc(C(F)(F)F)c4)sc23)ccc1F)c1cc(-c2cccc3cc(Cc4cccc(C(F)(F)F)c4)sc23)ccc1F. The highest BCUT2D eigenvalue weighted by molar-refractivity contribution is 7.20. The Labute approximate surface area is 328 Å². The number of carbonyl (C=O) groups excluding carboxylic acids is 1. The van der Waals surface area contributed by atoms with Gasteiger partial charge < -0.3 is 5.32 Å². The molecule has 0 radical (unpaired) electrons. The van der Waals surface area contributed by atoms with E-state index in [-0.39, 0.29) is 24.1 Å². The van der Waals surface area contributed by atoms with Gasteiger partial charge in [0.05, 0.1) is 22.4 Å². The summed E-state index contributed by atoms with van der Waals surface area (Å²) in [6.07, 6.45) is -8.37. The molecule has 6 aromatic carbocycles. The van der Waals surface area contributed by atoms with Crippen LogP contribution >= 0.6 is 22.7 Å². The smallest absolute Gasteiger partial charge is 0.319 e. The average Bonchev–Trinajstić information content (AvgIpc) is 3.78. The van der Waals surface area contributed by atoms with E-state index in [1.165, 1.54) is 59.1 Å². The summed E-state index contributed by atoms with van der Waals surface area (Å²) in [4.78, 5) is 15.2. The van der Waals surface area contributed by atoms with E-state index in [1.807, 2.05) is 36.4 Å². The highest BCUT2D eigenvalue weighted by Gasteiger charge is 2.31. The van der Waals surface area contributed by atoms with E-state index in [4.69, 9.17) is 0 Å². The van der Waals surface area contributed by atoms with Gasteiger partial charge in [-0.3, -0.25) is 4.79 Å². The second-order valence-corrected chi connectivity index (χ2v) is 15.7. The number of rotatable bonds is 8. The van der Waals surface area contributed by atoms with Gasteiger partial charge in [-0.2, -0.15) is 26.3 Å². The molecule has 8 rings (SSSR count). The first kappa shape index (κ1) is 38.0. The number of benzene rings is 6. The minimum Gasteiger partial charge on any atom is -0.319 e. The molecular formula is C45H27F8NOS2. The second-order valence-electron chi connectivity index (χ2n) is 13.5. The van der Waals surface area contributed by atoms with Gasteiger partial charge in [-0.1, -0.05) is 84.9 Å². The summed E-state index contributed by atoms with van der Waals surface area (Å²) in [5.41, 5.74) is 1.53. The van der Waals surface area contributed by atoms with Crippen LogP contribution in [0.1, 0.15) is 42.4 Å². The van der Waals surface area contributed by atoms with Gasteiger partial charge in [0.2, 0.25) is 0 Å². The Balaban J connectivity index is 1.05. The second kappa shape index (κ2) is 14.9. The van der Waals surface area contributed by atoms with Crippen LogP contribution in [0.3, 0.4) is 0 Å². The lowest BCUT2D eigenvalue weighted by Gasteiger charge is -2.12. The average molecular weight is 814 g/mol. The summed E-state index contributed by atoms with van der Waals surface area (Å²) in [6, 6.07) is 33.4. The van der Waals surface area contributed by atoms with Crippen LogP contribution in [0.4, 0.5) is 40.8 Å². The maximum absolute atomic E-state index is 15.3. The van der Waals surface area contributed by atoms with Gasteiger partial charge in [0.25, 0.3) is 5.91 Å². The molecule has 0 saturated carbocycles. The lowest BCUT2D eigenvalue weighted by atomic mass is 10.0. The molecule has 286 valence electrons. The highest BCUT2D eigenvalue weighted by atomic mass is 32.1. The van der Waals surface area contributed by atoms with E-state index in [0.29, 0.717) is 33.4 Å². The van der Waals surface area contributed by atoms with Gasteiger partial charge in [-0.25, -0.2) is 8.78 Å². The minimum atomic E-state index is -4.46. The molecule has 0 fully saturated rings. The Kier molecular flexibility index (Phi) is 9.95. The van der Waals surface area contributed by atoms with E-state index >= 15 is 8.78 Å². The van der Waals surface area contributed by atoms with E-state index in [1.54, 1.807) is 30.3 Å². The minimum absolute atomic E-state index is 0.181. The summed E-state index contributed by atoms with van der Waals surface area (Å²) in [7, 11) is 0. The molecule has 8 aromatic rings. The van der Waals surface area contributed by atoms with E-state index in [9.17, 15) is 31.1 Å². The number of hydrogen-bond donors (Lipinski definition) is 1. The quantitative estimate of drug-likeness (QED) is 0.152. The molecule has 0 spiro atoms. The number of fused-ring (bicyclic) bond motifs is 2. The lowest BCUT2D eigenvalue weighted by Crippen LogP contribution is -2.15. The third-order valence-corrected chi connectivity index (χ3v) is 11.9. The van der Waals surface area contributed by atoms with Crippen LogP contribution in [0.5, 0.6) is 0 Å². The predicted molar refractivity (Wildman–Crippen MR) is 211 cm³/mol. The third-order valence-electron chi connectivity index (χ3n) is 9.50. The number of thiophene rings is 2. The normalized spacial score (nSPS) is 12.1. The van der Waals surface area contributed by atoms with Crippen molar-refractivity contribution in [3.05, 3.63) is 183 Å². The maximum Gasteiger partial charge on any atom is 0.416 e. The van der Waals surface area contributed by atoms with Crippen molar-refractivity contribution >= 4 is 54.4 Å². The van der Waals surface area contributed by atoms with Gasteiger partial charge >= 0.3 is 12.4 Å². The van der Waals surface area contributed by atoms with Crippen molar-refractivity contribution in [1.29, 1.82) is 0 Å². The summed E-state index contributed by atoms with van der Waals surface area (Å²) in [5, 5.41) is 4.20. The van der Waals surface area contributed by atoms with Crippen molar-refractivity contribution in [1.82, 2.24) is 0 Å². The van der Waals surface area contributed by atoms with Crippen LogP contribution in [0.25, 0.3) is 42.4 Å². The van der Waals surface area contributed by atoms with Crippen molar-refractivity contribution in [2.45, 2.75) is 25.2 Å². The number of halogens is 8. The molecule has 0 unspecified atom stereocenters. The van der Waals surface area contributed by atoms with Crippen molar-refractivity contribution in [3.63, 3.8) is 0 Å². The Bertz CT molecular complexity index is 2820. The molecule has 1 amide bonds. The number of anilines is 1. The summed E-state index contributed by atoms with van der Waals surface area (Å²) < 4.78 is 112. The van der Waals surface area contributed by atoms with E-state index in [0.717, 1.165) is 60.3 Å². The number of carbonyl (C=O) groups is 1. The van der Waals surface area contributed by atoms with Crippen molar-refractivity contribution < 1.29 is 39.9 Å². The van der Waals surface area contributed by atoms with Crippen molar-refractivity contribution in [2.24, 2.45) is 0 Å². The van der Waals surface area contributed by atoms with Crippen LogP contribution in [0, 0.1) is 11.6 Å². The largest absolute Gasteiger partial charge is 0.416 e. The first-order chi connectivity index (χ1) is 27.2. The molecular weight excluding hydrogens is 787 g/mol. The zero-order chi connectivity index (χ0) is 40.1. The highest BCUT2D eigenvalue weighted by Crippen LogP contribution is 2.40. The Hall–Kier alpha value is -5.85. The van der Waals surface area contributed by atoms with Gasteiger partial charge in [-0.05, 0) is 92.7 Å². The topological polar surface area (TPSA) is 29.1 Å². The molecule has 57 heavy (non-hydrogen) atoms. The molecule has 0 aliphatic rings. The van der Waals surface area contributed by atoms with Crippen LogP contribution in [-0.4, -0.2) is 5.91 Å². The third kappa shape index (κ3) is 8.05. The van der Waals surface area contributed by atoms with Crippen LogP contribution in [-0.2, 0) is 25.2 Å². The van der Waals surface area contributed by atoms with Gasteiger partial charge in [0.15, 0.2) is 0 Å². The number of nitrogens with one attached hydrogen (secondary N) is 1. The standard InChI is InChI=1S/C45H27F8NOS2/c46-38-15-13-27(35-11-3-7-29-21-33(56-41(29)35)19-25-5-1-9-31(17-25)44(48,49)50)23-37(38)43(55)54-40-24-28(14-16-39(40)47)36-12-4-8-30-22-34(57-42(30)36)20-26-6-2-10-32(18-26)45(51,52)53/h1-18,21-24H,19-20H2,(H,54,55). The maximum atomic E-state index is 15.3. The van der Waals surface area contributed by atoms with Crippen molar-refractivity contribution in [3.8, 4) is 22.3 Å². The summed E-state index contributed by atoms with van der Waals surface area (Å²) in [6.45, 7) is 0. The fraction of sp³-hybridized carbons (Fsp3) is 0.0889. The molecule has 2 heterocycles. The summed E-state index contributed by atoms with van der Waals surface area (Å²) in [5.74, 6) is -2.45. The Morgan fingerprint density at radius 2 is 1.00 bits per heavy atom. The van der Waals surface area contributed by atoms with E-state index in [2.05, 4.69) is 5.32 Å². The number of alkyl halides is 6. The fourth-order valence-corrected chi connectivity index (χ4v) is 9.28.